The highest BCUT2D eigenvalue weighted by molar-refractivity contribution is 5.20. The molecule has 3 heteroatoms. The van der Waals surface area contributed by atoms with Crippen LogP contribution in [0.2, 0.25) is 0 Å². The number of para-hydroxylation sites is 1. The molecule has 0 amide bonds. The molecule has 0 saturated carbocycles. The zero-order valence-electron chi connectivity index (χ0n) is 11.7. The van der Waals surface area contributed by atoms with Crippen molar-refractivity contribution in [3.63, 3.8) is 0 Å². The molecule has 0 spiro atoms. The number of rotatable bonds is 8. The van der Waals surface area contributed by atoms with Gasteiger partial charge < -0.3 is 14.7 Å². The van der Waals surface area contributed by atoms with Crippen LogP contribution in [0.4, 0.5) is 0 Å². The third-order valence-electron chi connectivity index (χ3n) is 2.80. The van der Waals surface area contributed by atoms with Crippen molar-refractivity contribution < 1.29 is 9.84 Å². The van der Waals surface area contributed by atoms with Gasteiger partial charge in [-0.25, -0.2) is 0 Å². The van der Waals surface area contributed by atoms with Crippen LogP contribution < -0.4 is 4.74 Å². The predicted molar refractivity (Wildman–Crippen MR) is 74.9 cm³/mol. The molecule has 0 heterocycles. The SMILES string of the molecule is CC(C)CCN(C)CC(O)COc1ccccc1. The lowest BCUT2D eigenvalue weighted by atomic mass is 10.1. The lowest BCUT2D eigenvalue weighted by Gasteiger charge is -2.21. The molecular weight excluding hydrogens is 226 g/mol. The average Bonchev–Trinajstić information content (AvgIpc) is 2.35. The average molecular weight is 251 g/mol. The first-order valence-corrected chi connectivity index (χ1v) is 6.62. The number of hydrogen-bond acceptors (Lipinski definition) is 3. The Morgan fingerprint density at radius 3 is 2.50 bits per heavy atom. The first kappa shape index (κ1) is 15.0. The molecule has 0 aromatic heterocycles. The van der Waals surface area contributed by atoms with E-state index in [0.29, 0.717) is 19.1 Å². The van der Waals surface area contributed by atoms with E-state index in [1.807, 2.05) is 37.4 Å². The molecule has 0 saturated heterocycles. The van der Waals surface area contributed by atoms with Gasteiger partial charge in [-0.15, -0.1) is 0 Å². The minimum Gasteiger partial charge on any atom is -0.491 e. The Labute approximate surface area is 110 Å². The number of likely N-dealkylation sites (N-methyl/N-ethyl adjacent to an activating group) is 1. The number of aliphatic hydroxyl groups excluding tert-OH is 1. The fourth-order valence-electron chi connectivity index (χ4n) is 1.69. The summed E-state index contributed by atoms with van der Waals surface area (Å²) in [5.74, 6) is 1.51. The smallest absolute Gasteiger partial charge is 0.119 e. The summed E-state index contributed by atoms with van der Waals surface area (Å²) in [5, 5.41) is 9.88. The van der Waals surface area contributed by atoms with Crippen LogP contribution in [0, 0.1) is 5.92 Å². The lowest BCUT2D eigenvalue weighted by molar-refractivity contribution is 0.0751. The van der Waals surface area contributed by atoms with Crippen molar-refractivity contribution in [1.29, 1.82) is 0 Å². The molecule has 18 heavy (non-hydrogen) atoms. The molecule has 102 valence electrons. The summed E-state index contributed by atoms with van der Waals surface area (Å²) in [6.45, 7) is 6.43. The van der Waals surface area contributed by atoms with Crippen LogP contribution >= 0.6 is 0 Å². The van der Waals surface area contributed by atoms with E-state index >= 15 is 0 Å². The van der Waals surface area contributed by atoms with Gasteiger partial charge in [-0.05, 0) is 38.1 Å². The summed E-state index contributed by atoms with van der Waals surface area (Å²) in [6, 6.07) is 9.60. The first-order chi connectivity index (χ1) is 8.58. The maximum absolute atomic E-state index is 9.88. The second kappa shape index (κ2) is 8.11. The maximum Gasteiger partial charge on any atom is 0.119 e. The third-order valence-corrected chi connectivity index (χ3v) is 2.80. The second-order valence-corrected chi connectivity index (χ2v) is 5.22. The molecule has 1 aromatic rings. The molecule has 0 aliphatic carbocycles. The molecule has 0 radical (unpaired) electrons. The van der Waals surface area contributed by atoms with Gasteiger partial charge in [0.2, 0.25) is 0 Å². The number of ether oxygens (including phenoxy) is 1. The summed E-state index contributed by atoms with van der Waals surface area (Å²) >= 11 is 0. The van der Waals surface area contributed by atoms with E-state index in [-0.39, 0.29) is 0 Å². The Balaban J connectivity index is 2.19. The Morgan fingerprint density at radius 1 is 1.22 bits per heavy atom. The van der Waals surface area contributed by atoms with Gasteiger partial charge in [-0.1, -0.05) is 32.0 Å². The molecule has 0 aliphatic heterocycles. The zero-order valence-corrected chi connectivity index (χ0v) is 11.7. The van der Waals surface area contributed by atoms with Gasteiger partial charge in [-0.2, -0.15) is 0 Å². The Kier molecular flexibility index (Phi) is 6.76. The molecule has 1 N–H and O–H groups in total. The van der Waals surface area contributed by atoms with Crippen LogP contribution in [-0.4, -0.2) is 42.9 Å². The monoisotopic (exact) mass is 251 g/mol. The summed E-state index contributed by atoms with van der Waals surface area (Å²) in [5.41, 5.74) is 0. The van der Waals surface area contributed by atoms with Crippen molar-refractivity contribution in [3.8, 4) is 5.75 Å². The number of nitrogens with zero attached hydrogens (tertiary/aromatic N) is 1. The van der Waals surface area contributed by atoms with Crippen molar-refractivity contribution in [2.24, 2.45) is 5.92 Å². The Hall–Kier alpha value is -1.06. The van der Waals surface area contributed by atoms with Crippen LogP contribution in [0.1, 0.15) is 20.3 Å². The summed E-state index contributed by atoms with van der Waals surface area (Å²) in [6.07, 6.45) is 0.713. The van der Waals surface area contributed by atoms with Gasteiger partial charge >= 0.3 is 0 Å². The maximum atomic E-state index is 9.88. The van der Waals surface area contributed by atoms with E-state index in [2.05, 4.69) is 18.7 Å². The number of benzene rings is 1. The molecular formula is C15H25NO2. The molecule has 3 nitrogen and oxygen atoms in total. The van der Waals surface area contributed by atoms with Crippen molar-refractivity contribution >= 4 is 0 Å². The predicted octanol–water partition coefficient (Wildman–Crippen LogP) is 2.40. The van der Waals surface area contributed by atoms with Gasteiger partial charge in [-0.3, -0.25) is 0 Å². The van der Waals surface area contributed by atoms with E-state index in [9.17, 15) is 5.11 Å². The van der Waals surface area contributed by atoms with Crippen LogP contribution in [0.5, 0.6) is 5.75 Å². The molecule has 1 rings (SSSR count). The van der Waals surface area contributed by atoms with Gasteiger partial charge in [0, 0.05) is 6.54 Å². The molecule has 0 bridgehead atoms. The van der Waals surface area contributed by atoms with Crippen molar-refractivity contribution in [1.82, 2.24) is 4.90 Å². The van der Waals surface area contributed by atoms with Crippen molar-refractivity contribution in [3.05, 3.63) is 30.3 Å². The normalized spacial score (nSPS) is 13.0. The summed E-state index contributed by atoms with van der Waals surface area (Å²) in [7, 11) is 2.04. The van der Waals surface area contributed by atoms with E-state index < -0.39 is 6.10 Å². The van der Waals surface area contributed by atoms with Crippen LogP contribution in [-0.2, 0) is 0 Å². The Morgan fingerprint density at radius 2 is 1.89 bits per heavy atom. The molecule has 1 atom stereocenters. The highest BCUT2D eigenvalue weighted by Gasteiger charge is 2.09. The fourth-order valence-corrected chi connectivity index (χ4v) is 1.69. The van der Waals surface area contributed by atoms with Crippen molar-refractivity contribution in [2.75, 3.05) is 26.7 Å². The standard InChI is InChI=1S/C15H25NO2/c1-13(2)9-10-16(3)11-14(17)12-18-15-7-5-4-6-8-15/h4-8,13-14,17H,9-12H2,1-3H3. The highest BCUT2D eigenvalue weighted by Crippen LogP contribution is 2.09. The summed E-state index contributed by atoms with van der Waals surface area (Å²) < 4.78 is 5.52. The highest BCUT2D eigenvalue weighted by atomic mass is 16.5. The van der Waals surface area contributed by atoms with E-state index in [4.69, 9.17) is 4.74 Å². The largest absolute Gasteiger partial charge is 0.491 e. The van der Waals surface area contributed by atoms with Crippen molar-refractivity contribution in [2.45, 2.75) is 26.4 Å². The minimum atomic E-state index is -0.442. The van der Waals surface area contributed by atoms with E-state index in [1.54, 1.807) is 0 Å². The van der Waals surface area contributed by atoms with Gasteiger partial charge in [0.05, 0.1) is 0 Å². The topological polar surface area (TPSA) is 32.7 Å². The number of aliphatic hydroxyl groups is 1. The Bertz CT molecular complexity index is 314. The molecule has 1 unspecified atom stereocenters. The third kappa shape index (κ3) is 6.62. The minimum absolute atomic E-state index is 0.343. The lowest BCUT2D eigenvalue weighted by Crippen LogP contribution is -2.34. The van der Waals surface area contributed by atoms with Gasteiger partial charge in [0.25, 0.3) is 0 Å². The van der Waals surface area contributed by atoms with Gasteiger partial charge in [0.1, 0.15) is 18.5 Å². The molecule has 0 aliphatic rings. The summed E-state index contributed by atoms with van der Waals surface area (Å²) in [4.78, 5) is 2.15. The fraction of sp³-hybridized carbons (Fsp3) is 0.600. The first-order valence-electron chi connectivity index (χ1n) is 6.62. The molecule has 1 aromatic carbocycles. The van der Waals surface area contributed by atoms with Crippen LogP contribution in [0.15, 0.2) is 30.3 Å². The van der Waals surface area contributed by atoms with E-state index in [1.165, 1.54) is 0 Å². The zero-order chi connectivity index (χ0) is 13.4. The number of hydrogen-bond donors (Lipinski definition) is 1. The van der Waals surface area contributed by atoms with Crippen LogP contribution in [0.25, 0.3) is 0 Å². The quantitative estimate of drug-likeness (QED) is 0.770. The molecule has 0 fully saturated rings. The van der Waals surface area contributed by atoms with Crippen LogP contribution in [0.3, 0.4) is 0 Å². The second-order valence-electron chi connectivity index (χ2n) is 5.22. The van der Waals surface area contributed by atoms with E-state index in [0.717, 1.165) is 18.7 Å². The van der Waals surface area contributed by atoms with Gasteiger partial charge in [0.15, 0.2) is 0 Å².